The molecule has 28 heavy (non-hydrogen) atoms. The fraction of sp³-hybridized carbons (Fsp3) is 0.333. The number of nitrogens with one attached hydrogen (secondary N) is 1. The molecule has 6 nitrogen and oxygen atoms in total. The van der Waals surface area contributed by atoms with Gasteiger partial charge < -0.3 is 19.9 Å². The van der Waals surface area contributed by atoms with E-state index in [9.17, 15) is 9.59 Å². The van der Waals surface area contributed by atoms with Crippen LogP contribution in [0, 0.1) is 0 Å². The van der Waals surface area contributed by atoms with Gasteiger partial charge in [-0.25, -0.2) is 0 Å². The summed E-state index contributed by atoms with van der Waals surface area (Å²) in [5.41, 5.74) is 1.54. The van der Waals surface area contributed by atoms with Crippen molar-refractivity contribution in [2.75, 3.05) is 38.1 Å². The number of amides is 2. The number of ether oxygens (including phenoxy) is 1. The summed E-state index contributed by atoms with van der Waals surface area (Å²) in [5.74, 6) is 0.351. The molecular weight excluding hydrogens is 378 g/mol. The third kappa shape index (κ3) is 4.75. The van der Waals surface area contributed by atoms with Crippen molar-refractivity contribution in [1.29, 1.82) is 0 Å². The summed E-state index contributed by atoms with van der Waals surface area (Å²) < 4.78 is 6.06. The zero-order chi connectivity index (χ0) is 20.1. The van der Waals surface area contributed by atoms with Crippen molar-refractivity contribution in [2.24, 2.45) is 0 Å². The smallest absolute Gasteiger partial charge is 0.251 e. The van der Waals surface area contributed by atoms with E-state index in [0.29, 0.717) is 23.7 Å². The molecule has 2 aromatic carbocycles. The van der Waals surface area contributed by atoms with E-state index in [1.165, 1.54) is 0 Å². The first-order chi connectivity index (χ1) is 13.5. The first-order valence-corrected chi connectivity index (χ1v) is 9.64. The Morgan fingerprint density at radius 2 is 1.93 bits per heavy atom. The lowest BCUT2D eigenvalue weighted by Gasteiger charge is -2.37. The quantitative estimate of drug-likeness (QED) is 0.808. The van der Waals surface area contributed by atoms with Crippen molar-refractivity contribution in [2.45, 2.75) is 13.0 Å². The first kappa shape index (κ1) is 20.0. The fourth-order valence-corrected chi connectivity index (χ4v) is 3.30. The highest BCUT2D eigenvalue weighted by atomic mass is 35.5. The second kappa shape index (κ2) is 8.97. The number of hydrogen-bond acceptors (Lipinski definition) is 4. The highest BCUT2D eigenvalue weighted by molar-refractivity contribution is 6.30. The minimum atomic E-state index is -0.307. The van der Waals surface area contributed by atoms with Gasteiger partial charge in [-0.3, -0.25) is 9.59 Å². The number of likely N-dealkylation sites (N-methyl/N-ethyl adjacent to an activating group) is 2. The van der Waals surface area contributed by atoms with Crippen LogP contribution in [-0.4, -0.2) is 56.0 Å². The van der Waals surface area contributed by atoms with E-state index in [1.54, 1.807) is 36.2 Å². The summed E-state index contributed by atoms with van der Waals surface area (Å²) in [5, 5.41) is 3.21. The van der Waals surface area contributed by atoms with Crippen molar-refractivity contribution in [3.05, 3.63) is 59.1 Å². The largest absolute Gasteiger partial charge is 0.485 e. The van der Waals surface area contributed by atoms with Crippen molar-refractivity contribution >= 4 is 29.1 Å². The first-order valence-electron chi connectivity index (χ1n) is 9.26. The minimum absolute atomic E-state index is 0.0707. The van der Waals surface area contributed by atoms with E-state index in [-0.39, 0.29) is 24.5 Å². The molecule has 148 valence electrons. The monoisotopic (exact) mass is 401 g/mol. The molecule has 0 saturated heterocycles. The van der Waals surface area contributed by atoms with E-state index >= 15 is 0 Å². The lowest BCUT2D eigenvalue weighted by Crippen LogP contribution is -2.48. The van der Waals surface area contributed by atoms with Gasteiger partial charge in [-0.1, -0.05) is 23.7 Å². The van der Waals surface area contributed by atoms with Gasteiger partial charge in [0.15, 0.2) is 0 Å². The Balaban J connectivity index is 1.53. The Bertz CT molecular complexity index is 841. The molecule has 7 heteroatoms. The third-order valence-corrected chi connectivity index (χ3v) is 4.97. The average Bonchev–Trinajstić information content (AvgIpc) is 2.71. The van der Waals surface area contributed by atoms with Gasteiger partial charge in [0, 0.05) is 24.2 Å². The lowest BCUT2D eigenvalue weighted by molar-refractivity contribution is -0.129. The zero-order valence-electron chi connectivity index (χ0n) is 16.0. The predicted molar refractivity (Wildman–Crippen MR) is 110 cm³/mol. The van der Waals surface area contributed by atoms with Crippen LogP contribution in [0.4, 0.5) is 5.69 Å². The minimum Gasteiger partial charge on any atom is -0.485 e. The number of carbonyl (C=O) groups excluding carboxylic acids is 2. The maximum atomic E-state index is 12.4. The van der Waals surface area contributed by atoms with Gasteiger partial charge in [0.25, 0.3) is 5.91 Å². The van der Waals surface area contributed by atoms with E-state index in [1.807, 2.05) is 24.3 Å². The Morgan fingerprint density at radius 3 is 2.64 bits per heavy atom. The van der Waals surface area contributed by atoms with Crippen molar-refractivity contribution in [3.63, 3.8) is 0 Å². The van der Waals surface area contributed by atoms with Gasteiger partial charge in [-0.15, -0.1) is 0 Å². The van der Waals surface area contributed by atoms with Crippen LogP contribution in [0.3, 0.4) is 0 Å². The molecule has 1 N–H and O–H groups in total. The average molecular weight is 402 g/mol. The molecule has 0 unspecified atom stereocenters. The summed E-state index contributed by atoms with van der Waals surface area (Å²) in [6, 6.07) is 14.4. The van der Waals surface area contributed by atoms with Crippen LogP contribution in [0.25, 0.3) is 0 Å². The van der Waals surface area contributed by atoms with Gasteiger partial charge in [-0.2, -0.15) is 0 Å². The molecule has 1 aliphatic rings. The number of anilines is 1. The number of rotatable bonds is 6. The number of para-hydroxylation sites is 2. The molecule has 0 aromatic heterocycles. The number of carbonyl (C=O) groups is 2. The normalized spacial score (nSPS) is 15.4. The molecule has 0 spiro atoms. The van der Waals surface area contributed by atoms with Crippen LogP contribution in [0.15, 0.2) is 48.5 Å². The molecule has 2 aromatic rings. The predicted octanol–water partition coefficient (Wildman–Crippen LogP) is 2.82. The summed E-state index contributed by atoms with van der Waals surface area (Å²) in [6.07, 6.45) is -0.129. The molecule has 0 bridgehead atoms. The van der Waals surface area contributed by atoms with Crippen molar-refractivity contribution < 1.29 is 14.3 Å². The molecule has 2 amide bonds. The van der Waals surface area contributed by atoms with Crippen LogP contribution < -0.4 is 15.0 Å². The second-order valence-electron chi connectivity index (χ2n) is 6.71. The molecule has 0 fully saturated rings. The van der Waals surface area contributed by atoms with Crippen molar-refractivity contribution in [1.82, 2.24) is 10.2 Å². The lowest BCUT2D eigenvalue weighted by atomic mass is 10.2. The van der Waals surface area contributed by atoms with Gasteiger partial charge in [0.05, 0.1) is 25.3 Å². The van der Waals surface area contributed by atoms with Gasteiger partial charge in [0.1, 0.15) is 11.9 Å². The van der Waals surface area contributed by atoms with Crippen LogP contribution in [0.1, 0.15) is 17.3 Å². The van der Waals surface area contributed by atoms with E-state index in [0.717, 1.165) is 18.0 Å². The Labute approximate surface area is 170 Å². The number of nitrogens with zero attached hydrogens (tertiary/aromatic N) is 2. The molecule has 0 saturated carbocycles. The number of halogens is 1. The van der Waals surface area contributed by atoms with Crippen LogP contribution in [-0.2, 0) is 4.79 Å². The zero-order valence-corrected chi connectivity index (χ0v) is 16.8. The number of benzene rings is 2. The summed E-state index contributed by atoms with van der Waals surface area (Å²) in [4.78, 5) is 28.4. The van der Waals surface area contributed by atoms with Gasteiger partial charge in [-0.05, 0) is 43.3 Å². The summed E-state index contributed by atoms with van der Waals surface area (Å²) in [7, 11) is 1.72. The maximum Gasteiger partial charge on any atom is 0.251 e. The topological polar surface area (TPSA) is 61.9 Å². The summed E-state index contributed by atoms with van der Waals surface area (Å²) in [6.45, 7) is 4.05. The number of fused-ring (bicyclic) bond motifs is 1. The molecule has 0 radical (unpaired) electrons. The van der Waals surface area contributed by atoms with Crippen LogP contribution >= 0.6 is 11.6 Å². The van der Waals surface area contributed by atoms with E-state index < -0.39 is 0 Å². The molecule has 0 aliphatic carbocycles. The number of hydrogen-bond donors (Lipinski definition) is 1. The third-order valence-electron chi connectivity index (χ3n) is 4.72. The SMILES string of the molecule is CCN1C[C@H](CN(C)C(=O)CNC(=O)c2ccc(Cl)cc2)Oc2ccccc21. The fourth-order valence-electron chi connectivity index (χ4n) is 3.17. The molecular formula is C21H24ClN3O3. The highest BCUT2D eigenvalue weighted by Crippen LogP contribution is 2.32. The van der Waals surface area contributed by atoms with Crippen LogP contribution in [0.2, 0.25) is 5.02 Å². The Morgan fingerprint density at radius 1 is 1.21 bits per heavy atom. The molecule has 1 atom stereocenters. The molecule has 3 rings (SSSR count). The van der Waals surface area contributed by atoms with Gasteiger partial charge >= 0.3 is 0 Å². The highest BCUT2D eigenvalue weighted by Gasteiger charge is 2.26. The Hall–Kier alpha value is -2.73. The van der Waals surface area contributed by atoms with Crippen LogP contribution in [0.5, 0.6) is 5.75 Å². The standard InChI is InChI=1S/C21H24ClN3O3/c1-3-25-14-17(28-19-7-5-4-6-18(19)25)13-24(2)20(26)12-23-21(27)15-8-10-16(22)11-9-15/h4-11,17H,3,12-14H2,1-2H3,(H,23,27)/t17-/m0/s1. The van der Waals surface area contributed by atoms with E-state index in [4.69, 9.17) is 16.3 Å². The Kier molecular flexibility index (Phi) is 6.41. The molecule has 1 aliphatic heterocycles. The summed E-state index contributed by atoms with van der Waals surface area (Å²) >= 11 is 5.82. The van der Waals surface area contributed by atoms with Gasteiger partial charge in [0.2, 0.25) is 5.91 Å². The van der Waals surface area contributed by atoms with Crippen molar-refractivity contribution in [3.8, 4) is 5.75 Å². The maximum absolute atomic E-state index is 12.4. The van der Waals surface area contributed by atoms with E-state index in [2.05, 4.69) is 17.1 Å². The second-order valence-corrected chi connectivity index (χ2v) is 7.15. The molecule has 1 heterocycles.